The minimum atomic E-state index is -2.41. The second kappa shape index (κ2) is 16.4. The van der Waals surface area contributed by atoms with Crippen LogP contribution in [0.4, 0.5) is 0 Å². The molecular formula is C29H36N7OPS2. The molecule has 210 valence electrons. The van der Waals surface area contributed by atoms with E-state index in [9.17, 15) is 4.79 Å². The summed E-state index contributed by atoms with van der Waals surface area (Å²) in [5, 5.41) is 21.7. The van der Waals surface area contributed by atoms with Gasteiger partial charge < -0.3 is 0 Å². The Morgan fingerprint density at radius 3 is 1.70 bits per heavy atom. The summed E-state index contributed by atoms with van der Waals surface area (Å²) in [5.74, 6) is -0.0620. The number of hydrazone groups is 2. The predicted octanol–water partition coefficient (Wildman–Crippen LogP) is 2.14. The molecule has 0 spiro atoms. The van der Waals surface area contributed by atoms with Gasteiger partial charge in [-0.1, -0.05) is 0 Å². The zero-order valence-electron chi connectivity index (χ0n) is 22.7. The van der Waals surface area contributed by atoms with E-state index in [-0.39, 0.29) is 12.3 Å². The Bertz CT molecular complexity index is 1210. The number of nitrogens with one attached hydrogen (secondary N) is 5. The number of hydrogen-bond donors (Lipinski definition) is 5. The molecule has 3 aromatic rings. The minimum absolute atomic E-state index is 0.0620. The molecule has 0 saturated heterocycles. The Hall–Kier alpha value is -3.72. The predicted molar refractivity (Wildman–Crippen MR) is 179 cm³/mol. The van der Waals surface area contributed by atoms with Crippen LogP contribution < -0.4 is 42.7 Å². The Balaban J connectivity index is 1.75. The number of rotatable bonds is 12. The topological polar surface area (TPSA) is 102 Å². The molecule has 11 heteroatoms. The first-order valence-corrected chi connectivity index (χ1v) is 16.0. The molecule has 0 aliphatic rings. The average molecular weight is 594 g/mol. The number of carbonyl (C=O) groups excluding carboxylic acids is 1. The van der Waals surface area contributed by atoms with Crippen LogP contribution in [0, 0.1) is 0 Å². The van der Waals surface area contributed by atoms with Gasteiger partial charge in [-0.15, -0.1) is 0 Å². The monoisotopic (exact) mass is 593 g/mol. The van der Waals surface area contributed by atoms with E-state index in [4.69, 9.17) is 24.4 Å². The van der Waals surface area contributed by atoms with Crippen LogP contribution in [0.5, 0.6) is 0 Å². The molecule has 5 N–H and O–H groups in total. The number of amides is 1. The molecule has 0 aromatic heterocycles. The van der Waals surface area contributed by atoms with Gasteiger partial charge in [-0.2, -0.15) is 0 Å². The average Bonchev–Trinajstić information content (AvgIpc) is 3.01. The summed E-state index contributed by atoms with van der Waals surface area (Å²) in [6, 6.07) is 32.0. The van der Waals surface area contributed by atoms with Gasteiger partial charge in [-0.25, -0.2) is 0 Å². The van der Waals surface area contributed by atoms with Crippen LogP contribution in [0.2, 0.25) is 0 Å². The van der Waals surface area contributed by atoms with E-state index < -0.39 is 7.26 Å². The molecule has 0 unspecified atom stereocenters. The first-order valence-electron chi connectivity index (χ1n) is 13.0. The van der Waals surface area contributed by atoms with Crippen molar-refractivity contribution in [1.29, 1.82) is 0 Å². The van der Waals surface area contributed by atoms with Crippen molar-refractivity contribution in [2.45, 2.75) is 12.8 Å². The standard InChI is InChI=1S/C29H36N7OPS2/c1-30-28(39)35-33-22-23(34-36-29(40)31-2)18-19-27(37)32-20-21-38(24-12-6-3-7-13-24,25-14-8-4-9-15-25)26-16-10-5-11-17-26/h3-17,22,38H,18-21H2,1-2H3,(H,32,37)(H2,30,35,39)(H2,31,36,40)/b33-22+,34-23-. The van der Waals surface area contributed by atoms with E-state index >= 15 is 0 Å². The SMILES string of the molecule is CNC(=S)N/N=C(\C=N\NC(=S)NC)CCC(=O)NCC[PH](c1ccccc1)(c1ccccc1)c1ccccc1. The normalized spacial score (nSPS) is 11.9. The number of benzene rings is 3. The van der Waals surface area contributed by atoms with Gasteiger partial charge in [0.2, 0.25) is 0 Å². The summed E-state index contributed by atoms with van der Waals surface area (Å²) in [4.78, 5) is 13.0. The molecule has 40 heavy (non-hydrogen) atoms. The van der Waals surface area contributed by atoms with Gasteiger partial charge in [0.05, 0.1) is 0 Å². The van der Waals surface area contributed by atoms with Crippen molar-refractivity contribution in [1.82, 2.24) is 26.8 Å². The summed E-state index contributed by atoms with van der Waals surface area (Å²) in [6.45, 7) is 0.546. The maximum atomic E-state index is 13.0. The number of nitrogens with zero attached hydrogens (tertiary/aromatic N) is 2. The van der Waals surface area contributed by atoms with Crippen LogP contribution in [0.3, 0.4) is 0 Å². The van der Waals surface area contributed by atoms with Gasteiger partial charge in [-0.3, -0.25) is 0 Å². The summed E-state index contributed by atoms with van der Waals surface area (Å²) in [5.41, 5.74) is 5.97. The second-order valence-electron chi connectivity index (χ2n) is 8.85. The van der Waals surface area contributed by atoms with E-state index in [0.717, 1.165) is 6.16 Å². The number of thiocarbonyl (C=S) groups is 2. The van der Waals surface area contributed by atoms with Crippen molar-refractivity contribution >= 4 is 75.7 Å². The van der Waals surface area contributed by atoms with Crippen LogP contribution in [0.15, 0.2) is 101 Å². The van der Waals surface area contributed by atoms with Crippen LogP contribution >= 0.6 is 31.7 Å². The molecular weight excluding hydrogens is 557 g/mol. The third kappa shape index (κ3) is 8.91. The van der Waals surface area contributed by atoms with Gasteiger partial charge in [0.1, 0.15) is 0 Å². The summed E-state index contributed by atoms with van der Waals surface area (Å²) < 4.78 is 0. The van der Waals surface area contributed by atoms with Crippen molar-refractivity contribution in [3.63, 3.8) is 0 Å². The second-order valence-corrected chi connectivity index (χ2v) is 13.7. The van der Waals surface area contributed by atoms with Crippen molar-refractivity contribution in [3.05, 3.63) is 91.0 Å². The van der Waals surface area contributed by atoms with Gasteiger partial charge >= 0.3 is 241 Å². The number of carbonyl (C=O) groups is 1. The van der Waals surface area contributed by atoms with E-state index in [1.807, 2.05) is 18.2 Å². The summed E-state index contributed by atoms with van der Waals surface area (Å²) in [6.07, 6.45) is 2.94. The molecule has 0 aliphatic carbocycles. The van der Waals surface area contributed by atoms with E-state index in [1.165, 1.54) is 22.1 Å². The van der Waals surface area contributed by atoms with Crippen LogP contribution in [-0.4, -0.2) is 54.9 Å². The molecule has 0 fully saturated rings. The third-order valence-corrected chi connectivity index (χ3v) is 11.9. The molecule has 0 saturated carbocycles. The zero-order valence-corrected chi connectivity index (χ0v) is 25.3. The van der Waals surface area contributed by atoms with E-state index in [0.29, 0.717) is 28.9 Å². The first kappa shape index (κ1) is 30.8. The van der Waals surface area contributed by atoms with Gasteiger partial charge in [0.15, 0.2) is 0 Å². The molecule has 3 rings (SSSR count). The van der Waals surface area contributed by atoms with Gasteiger partial charge in [0.25, 0.3) is 0 Å². The Labute approximate surface area is 247 Å². The molecule has 8 nitrogen and oxygen atoms in total. The van der Waals surface area contributed by atoms with Crippen molar-refractivity contribution in [2.75, 3.05) is 26.8 Å². The molecule has 3 aromatic carbocycles. The van der Waals surface area contributed by atoms with Crippen LogP contribution in [-0.2, 0) is 4.79 Å². The molecule has 0 aliphatic heterocycles. The maximum absolute atomic E-state index is 13.0. The quantitative estimate of drug-likeness (QED) is 0.0950. The third-order valence-electron chi connectivity index (χ3n) is 6.36. The first-order chi connectivity index (χ1) is 19.5. The van der Waals surface area contributed by atoms with E-state index in [2.05, 4.69) is 110 Å². The Morgan fingerprint density at radius 2 is 1.23 bits per heavy atom. The summed E-state index contributed by atoms with van der Waals surface area (Å²) in [7, 11) is 0.979. The Morgan fingerprint density at radius 1 is 0.750 bits per heavy atom. The van der Waals surface area contributed by atoms with Crippen molar-refractivity contribution in [2.24, 2.45) is 10.2 Å². The molecule has 0 heterocycles. The fraction of sp³-hybridized carbons (Fsp3) is 0.207. The molecule has 0 atom stereocenters. The molecule has 0 radical (unpaired) electrons. The van der Waals surface area contributed by atoms with Crippen molar-refractivity contribution in [3.8, 4) is 0 Å². The zero-order chi connectivity index (χ0) is 28.6. The fourth-order valence-electron chi connectivity index (χ4n) is 4.37. The fourth-order valence-corrected chi connectivity index (χ4v) is 9.12. The van der Waals surface area contributed by atoms with Gasteiger partial charge in [-0.05, 0) is 0 Å². The molecule has 0 bridgehead atoms. The van der Waals surface area contributed by atoms with Crippen LogP contribution in [0.1, 0.15) is 12.8 Å². The number of hydrogen-bond acceptors (Lipinski definition) is 5. The van der Waals surface area contributed by atoms with Crippen molar-refractivity contribution < 1.29 is 4.79 Å². The Kier molecular flexibility index (Phi) is 12.6. The van der Waals surface area contributed by atoms with E-state index in [1.54, 1.807) is 14.1 Å². The van der Waals surface area contributed by atoms with Crippen LogP contribution in [0.25, 0.3) is 0 Å². The summed E-state index contributed by atoms with van der Waals surface area (Å²) >= 11 is 10.1. The van der Waals surface area contributed by atoms with Gasteiger partial charge in [0, 0.05) is 7.05 Å². The molecule has 1 amide bonds.